The van der Waals surface area contributed by atoms with Gasteiger partial charge < -0.3 is 15.2 Å². The monoisotopic (exact) mass is 273 g/mol. The van der Waals surface area contributed by atoms with Gasteiger partial charge in [-0.1, -0.05) is 18.2 Å². The lowest BCUT2D eigenvalue weighted by atomic mass is 10.2. The average Bonchev–Trinajstić information content (AvgIpc) is 2.88. The topological polar surface area (TPSA) is 65.2 Å². The standard InChI is InChI=1S/C15H19N3O2/c1-3-16-14(19)10-18(4-2)15(20)13-9-11-7-5-6-8-12(11)17-13/h5-9,17H,3-4,10H2,1-2H3,(H,16,19). The number of para-hydroxylation sites is 1. The molecule has 1 aromatic carbocycles. The highest BCUT2D eigenvalue weighted by Crippen LogP contribution is 2.15. The van der Waals surface area contributed by atoms with Crippen molar-refractivity contribution < 1.29 is 9.59 Å². The Morgan fingerprint density at radius 1 is 1.25 bits per heavy atom. The van der Waals surface area contributed by atoms with Crippen LogP contribution in [0.4, 0.5) is 0 Å². The third kappa shape index (κ3) is 2.99. The zero-order valence-corrected chi connectivity index (χ0v) is 11.8. The number of aromatic amines is 1. The Balaban J connectivity index is 2.17. The van der Waals surface area contributed by atoms with Crippen LogP contribution in [-0.2, 0) is 4.79 Å². The first-order valence-corrected chi connectivity index (χ1v) is 6.79. The van der Waals surface area contributed by atoms with E-state index in [0.717, 1.165) is 10.9 Å². The molecule has 1 aromatic heterocycles. The molecule has 0 atom stereocenters. The maximum Gasteiger partial charge on any atom is 0.270 e. The maximum absolute atomic E-state index is 12.4. The van der Waals surface area contributed by atoms with Crippen LogP contribution in [0.2, 0.25) is 0 Å². The Kier molecular flexibility index (Phi) is 4.40. The van der Waals surface area contributed by atoms with E-state index in [1.807, 2.05) is 44.2 Å². The SMILES string of the molecule is CCNC(=O)CN(CC)C(=O)c1cc2ccccc2[nH]1. The second-order valence-electron chi connectivity index (χ2n) is 4.54. The van der Waals surface area contributed by atoms with Gasteiger partial charge in [0, 0.05) is 24.0 Å². The predicted molar refractivity (Wildman–Crippen MR) is 78.6 cm³/mol. The highest BCUT2D eigenvalue weighted by atomic mass is 16.2. The third-order valence-corrected chi connectivity index (χ3v) is 3.14. The van der Waals surface area contributed by atoms with Crippen LogP contribution in [-0.4, -0.2) is 41.3 Å². The highest BCUT2D eigenvalue weighted by molar-refractivity contribution is 5.99. The van der Waals surface area contributed by atoms with E-state index in [9.17, 15) is 9.59 Å². The lowest BCUT2D eigenvalue weighted by Crippen LogP contribution is -2.40. The number of H-pyrrole nitrogens is 1. The molecule has 0 aliphatic carbocycles. The van der Waals surface area contributed by atoms with Gasteiger partial charge in [-0.05, 0) is 26.0 Å². The molecule has 0 fully saturated rings. The Morgan fingerprint density at radius 2 is 2.00 bits per heavy atom. The molecule has 0 spiro atoms. The van der Waals surface area contributed by atoms with Crippen LogP contribution >= 0.6 is 0 Å². The summed E-state index contributed by atoms with van der Waals surface area (Å²) >= 11 is 0. The normalized spacial score (nSPS) is 10.5. The molecule has 20 heavy (non-hydrogen) atoms. The summed E-state index contributed by atoms with van der Waals surface area (Å²) in [4.78, 5) is 28.6. The number of rotatable bonds is 5. The van der Waals surface area contributed by atoms with Crippen LogP contribution in [0.25, 0.3) is 10.9 Å². The minimum absolute atomic E-state index is 0.0819. The van der Waals surface area contributed by atoms with Gasteiger partial charge >= 0.3 is 0 Å². The van der Waals surface area contributed by atoms with Gasteiger partial charge in [0.15, 0.2) is 0 Å². The molecule has 2 aromatic rings. The second-order valence-corrected chi connectivity index (χ2v) is 4.54. The van der Waals surface area contributed by atoms with Gasteiger partial charge in [0.25, 0.3) is 5.91 Å². The fourth-order valence-corrected chi connectivity index (χ4v) is 2.11. The van der Waals surface area contributed by atoms with Crippen LogP contribution in [0.15, 0.2) is 30.3 Å². The largest absolute Gasteiger partial charge is 0.355 e. The van der Waals surface area contributed by atoms with E-state index in [2.05, 4.69) is 10.3 Å². The summed E-state index contributed by atoms with van der Waals surface area (Å²) in [6.07, 6.45) is 0. The van der Waals surface area contributed by atoms with Gasteiger partial charge in [-0.15, -0.1) is 0 Å². The predicted octanol–water partition coefficient (Wildman–Crippen LogP) is 1.77. The van der Waals surface area contributed by atoms with Crippen molar-refractivity contribution in [3.8, 4) is 0 Å². The number of nitrogens with one attached hydrogen (secondary N) is 2. The maximum atomic E-state index is 12.4. The number of nitrogens with zero attached hydrogens (tertiary/aromatic N) is 1. The first-order valence-electron chi connectivity index (χ1n) is 6.79. The number of carbonyl (C=O) groups excluding carboxylic acids is 2. The van der Waals surface area contributed by atoms with Crippen LogP contribution in [0.5, 0.6) is 0 Å². The molecule has 5 heteroatoms. The molecule has 0 aliphatic rings. The number of aromatic nitrogens is 1. The minimum atomic E-state index is -0.157. The van der Waals surface area contributed by atoms with Crippen molar-refractivity contribution in [2.45, 2.75) is 13.8 Å². The number of fused-ring (bicyclic) bond motifs is 1. The summed E-state index contributed by atoms with van der Waals surface area (Å²) in [5.74, 6) is -0.297. The fourth-order valence-electron chi connectivity index (χ4n) is 2.11. The van der Waals surface area contributed by atoms with Crippen molar-refractivity contribution in [1.82, 2.24) is 15.2 Å². The summed E-state index contributed by atoms with van der Waals surface area (Å²) < 4.78 is 0. The Morgan fingerprint density at radius 3 is 2.65 bits per heavy atom. The van der Waals surface area contributed by atoms with Crippen molar-refractivity contribution in [2.75, 3.05) is 19.6 Å². The quantitative estimate of drug-likeness (QED) is 0.872. The first-order chi connectivity index (χ1) is 9.65. The molecular weight excluding hydrogens is 254 g/mol. The molecule has 5 nitrogen and oxygen atoms in total. The lowest BCUT2D eigenvalue weighted by molar-refractivity contribution is -0.121. The highest BCUT2D eigenvalue weighted by Gasteiger charge is 2.18. The summed E-state index contributed by atoms with van der Waals surface area (Å²) in [6, 6.07) is 9.53. The summed E-state index contributed by atoms with van der Waals surface area (Å²) in [5.41, 5.74) is 1.43. The van der Waals surface area contributed by atoms with Gasteiger partial charge in [-0.2, -0.15) is 0 Å². The van der Waals surface area contributed by atoms with Crippen LogP contribution < -0.4 is 5.32 Å². The molecule has 0 saturated carbocycles. The third-order valence-electron chi connectivity index (χ3n) is 3.14. The second kappa shape index (κ2) is 6.23. The smallest absolute Gasteiger partial charge is 0.270 e. The van der Waals surface area contributed by atoms with Crippen molar-refractivity contribution in [3.05, 3.63) is 36.0 Å². The van der Waals surface area contributed by atoms with Crippen LogP contribution in [0.3, 0.4) is 0 Å². The number of carbonyl (C=O) groups is 2. The van der Waals surface area contributed by atoms with Crippen LogP contribution in [0.1, 0.15) is 24.3 Å². The number of likely N-dealkylation sites (N-methyl/N-ethyl adjacent to an activating group) is 2. The molecule has 0 unspecified atom stereocenters. The zero-order chi connectivity index (χ0) is 14.5. The fraction of sp³-hybridized carbons (Fsp3) is 0.333. The molecule has 0 aliphatic heterocycles. The van der Waals surface area contributed by atoms with E-state index in [0.29, 0.717) is 18.8 Å². The molecule has 2 N–H and O–H groups in total. The number of hydrogen-bond acceptors (Lipinski definition) is 2. The molecule has 2 rings (SSSR count). The van der Waals surface area contributed by atoms with Gasteiger partial charge in [0.05, 0.1) is 6.54 Å². The summed E-state index contributed by atoms with van der Waals surface area (Å²) in [6.45, 7) is 4.86. The van der Waals surface area contributed by atoms with Gasteiger partial charge in [0.2, 0.25) is 5.91 Å². The van der Waals surface area contributed by atoms with E-state index in [4.69, 9.17) is 0 Å². The van der Waals surface area contributed by atoms with Crippen molar-refractivity contribution in [3.63, 3.8) is 0 Å². The number of amides is 2. The zero-order valence-electron chi connectivity index (χ0n) is 11.8. The van der Waals surface area contributed by atoms with Crippen molar-refractivity contribution in [2.24, 2.45) is 0 Å². The van der Waals surface area contributed by atoms with E-state index >= 15 is 0 Å². The van der Waals surface area contributed by atoms with Crippen molar-refractivity contribution >= 4 is 22.7 Å². The molecule has 0 saturated heterocycles. The van der Waals surface area contributed by atoms with Gasteiger partial charge in [-0.3, -0.25) is 9.59 Å². The first kappa shape index (κ1) is 14.1. The minimum Gasteiger partial charge on any atom is -0.355 e. The summed E-state index contributed by atoms with van der Waals surface area (Å²) in [7, 11) is 0. The molecule has 2 amide bonds. The van der Waals surface area contributed by atoms with E-state index in [-0.39, 0.29) is 18.4 Å². The van der Waals surface area contributed by atoms with E-state index < -0.39 is 0 Å². The Labute approximate surface area is 118 Å². The average molecular weight is 273 g/mol. The van der Waals surface area contributed by atoms with Crippen LogP contribution in [0, 0.1) is 0 Å². The molecule has 1 heterocycles. The van der Waals surface area contributed by atoms with Gasteiger partial charge in [0.1, 0.15) is 5.69 Å². The van der Waals surface area contributed by atoms with E-state index in [1.165, 1.54) is 4.90 Å². The molecule has 0 radical (unpaired) electrons. The Bertz CT molecular complexity index is 585. The van der Waals surface area contributed by atoms with Crippen molar-refractivity contribution in [1.29, 1.82) is 0 Å². The van der Waals surface area contributed by atoms with Gasteiger partial charge in [-0.25, -0.2) is 0 Å². The Hall–Kier alpha value is -2.30. The summed E-state index contributed by atoms with van der Waals surface area (Å²) in [5, 5.41) is 3.69. The molecule has 0 bridgehead atoms. The van der Waals surface area contributed by atoms with E-state index in [1.54, 1.807) is 0 Å². The lowest BCUT2D eigenvalue weighted by Gasteiger charge is -2.19. The molecular formula is C15H19N3O2. The number of hydrogen-bond donors (Lipinski definition) is 2. The molecule has 106 valence electrons. The number of benzene rings is 1.